The molecule has 0 saturated carbocycles. The SMILES string of the molecule is Cc1nc(C(C)Nc2cccc(N(C)C)c2)c(C)s1. The van der Waals surface area contributed by atoms with Gasteiger partial charge < -0.3 is 10.2 Å². The number of anilines is 2. The van der Waals surface area contributed by atoms with Gasteiger partial charge in [0.05, 0.1) is 16.7 Å². The average Bonchev–Trinajstić information content (AvgIpc) is 2.69. The number of aryl methyl sites for hydroxylation is 2. The molecule has 1 aromatic carbocycles. The number of hydrogen-bond donors (Lipinski definition) is 1. The number of benzene rings is 1. The second kappa shape index (κ2) is 5.61. The van der Waals surface area contributed by atoms with E-state index in [0.717, 1.165) is 16.4 Å². The van der Waals surface area contributed by atoms with E-state index in [9.17, 15) is 0 Å². The van der Waals surface area contributed by atoms with Crippen LogP contribution in [-0.4, -0.2) is 19.1 Å². The van der Waals surface area contributed by atoms with Crippen LogP contribution in [0.5, 0.6) is 0 Å². The van der Waals surface area contributed by atoms with Gasteiger partial charge in [-0.3, -0.25) is 0 Å². The summed E-state index contributed by atoms with van der Waals surface area (Å²) in [4.78, 5) is 8.01. The average molecular weight is 275 g/mol. The highest BCUT2D eigenvalue weighted by molar-refractivity contribution is 7.11. The Hall–Kier alpha value is -1.55. The zero-order valence-corrected chi connectivity index (χ0v) is 13.0. The van der Waals surface area contributed by atoms with Crippen LogP contribution in [0.4, 0.5) is 11.4 Å². The minimum absolute atomic E-state index is 0.224. The number of hydrogen-bond acceptors (Lipinski definition) is 4. The van der Waals surface area contributed by atoms with Gasteiger partial charge in [-0.05, 0) is 39.0 Å². The third-order valence-corrected chi connectivity index (χ3v) is 4.00. The third kappa shape index (κ3) is 3.26. The van der Waals surface area contributed by atoms with E-state index in [1.54, 1.807) is 11.3 Å². The van der Waals surface area contributed by atoms with Crippen molar-refractivity contribution in [2.75, 3.05) is 24.3 Å². The molecule has 0 aliphatic rings. The fourth-order valence-electron chi connectivity index (χ4n) is 2.14. The predicted octanol–water partition coefficient (Wildman–Crippen LogP) is 4.00. The number of nitrogens with zero attached hydrogens (tertiary/aromatic N) is 2. The van der Waals surface area contributed by atoms with Crippen molar-refractivity contribution in [3.05, 3.63) is 39.8 Å². The van der Waals surface area contributed by atoms with E-state index in [4.69, 9.17) is 0 Å². The maximum atomic E-state index is 4.61. The molecule has 0 bridgehead atoms. The first kappa shape index (κ1) is 13.9. The van der Waals surface area contributed by atoms with Crippen molar-refractivity contribution in [3.63, 3.8) is 0 Å². The molecule has 0 aliphatic carbocycles. The number of thiazole rings is 1. The number of aromatic nitrogens is 1. The molecular formula is C15H21N3S. The fourth-order valence-corrected chi connectivity index (χ4v) is 3.05. The highest BCUT2D eigenvalue weighted by atomic mass is 32.1. The lowest BCUT2D eigenvalue weighted by Crippen LogP contribution is -2.11. The Bertz CT molecular complexity index is 560. The predicted molar refractivity (Wildman–Crippen MR) is 84.4 cm³/mol. The molecule has 2 rings (SSSR count). The summed E-state index contributed by atoms with van der Waals surface area (Å²) in [5.74, 6) is 0. The molecule has 2 aromatic rings. The van der Waals surface area contributed by atoms with Crippen LogP contribution < -0.4 is 10.2 Å². The summed E-state index contributed by atoms with van der Waals surface area (Å²) in [5, 5.41) is 4.65. The van der Waals surface area contributed by atoms with Crippen LogP contribution in [0.15, 0.2) is 24.3 Å². The fraction of sp³-hybridized carbons (Fsp3) is 0.400. The molecule has 1 aromatic heterocycles. The molecule has 0 aliphatic heterocycles. The smallest absolute Gasteiger partial charge is 0.0901 e. The van der Waals surface area contributed by atoms with Gasteiger partial charge in [0.1, 0.15) is 0 Å². The molecule has 3 nitrogen and oxygen atoms in total. The topological polar surface area (TPSA) is 28.2 Å². The highest BCUT2D eigenvalue weighted by Gasteiger charge is 2.13. The van der Waals surface area contributed by atoms with Gasteiger partial charge in [-0.2, -0.15) is 0 Å². The molecule has 0 saturated heterocycles. The van der Waals surface area contributed by atoms with E-state index in [2.05, 4.69) is 74.3 Å². The van der Waals surface area contributed by atoms with E-state index >= 15 is 0 Å². The standard InChI is InChI=1S/C15H21N3S/c1-10(15-11(2)19-12(3)17-15)16-13-7-6-8-14(9-13)18(4)5/h6-10,16H,1-5H3. The maximum absolute atomic E-state index is 4.61. The molecule has 0 fully saturated rings. The van der Waals surface area contributed by atoms with Gasteiger partial charge >= 0.3 is 0 Å². The summed E-state index contributed by atoms with van der Waals surface area (Å²) in [5.41, 5.74) is 3.48. The molecule has 0 radical (unpaired) electrons. The second-order valence-electron chi connectivity index (χ2n) is 4.99. The Morgan fingerprint density at radius 2 is 2.00 bits per heavy atom. The molecule has 1 heterocycles. The first-order chi connectivity index (χ1) is 8.97. The number of rotatable bonds is 4. The van der Waals surface area contributed by atoms with Crippen LogP contribution in [0, 0.1) is 13.8 Å². The van der Waals surface area contributed by atoms with Crippen LogP contribution >= 0.6 is 11.3 Å². The first-order valence-electron chi connectivity index (χ1n) is 6.45. The van der Waals surface area contributed by atoms with Crippen molar-refractivity contribution in [1.82, 2.24) is 4.98 Å². The summed E-state index contributed by atoms with van der Waals surface area (Å²) < 4.78 is 0. The molecular weight excluding hydrogens is 254 g/mol. The minimum Gasteiger partial charge on any atom is -0.378 e. The van der Waals surface area contributed by atoms with E-state index in [1.807, 2.05) is 0 Å². The van der Waals surface area contributed by atoms with Gasteiger partial charge in [0, 0.05) is 30.3 Å². The van der Waals surface area contributed by atoms with Crippen molar-refractivity contribution in [2.45, 2.75) is 26.8 Å². The monoisotopic (exact) mass is 275 g/mol. The molecule has 19 heavy (non-hydrogen) atoms. The van der Waals surface area contributed by atoms with Gasteiger partial charge in [0.25, 0.3) is 0 Å². The van der Waals surface area contributed by atoms with Gasteiger partial charge in [0.2, 0.25) is 0 Å². The second-order valence-corrected chi connectivity index (χ2v) is 6.39. The Labute approximate surface area is 119 Å². The van der Waals surface area contributed by atoms with Gasteiger partial charge in [-0.25, -0.2) is 4.98 Å². The Morgan fingerprint density at radius 3 is 2.58 bits per heavy atom. The summed E-state index contributed by atoms with van der Waals surface area (Å²) >= 11 is 1.76. The molecule has 1 unspecified atom stereocenters. The summed E-state index contributed by atoms with van der Waals surface area (Å²) in [6.07, 6.45) is 0. The van der Waals surface area contributed by atoms with Crippen LogP contribution in [0.1, 0.15) is 28.5 Å². The van der Waals surface area contributed by atoms with Gasteiger partial charge in [-0.1, -0.05) is 6.07 Å². The largest absolute Gasteiger partial charge is 0.378 e. The molecule has 1 atom stereocenters. The van der Waals surface area contributed by atoms with Crippen LogP contribution in [0.3, 0.4) is 0 Å². The van der Waals surface area contributed by atoms with E-state index in [1.165, 1.54) is 10.6 Å². The zero-order valence-electron chi connectivity index (χ0n) is 12.2. The molecule has 0 spiro atoms. The molecule has 0 amide bonds. The Balaban J connectivity index is 2.17. The van der Waals surface area contributed by atoms with Crippen molar-refractivity contribution in [1.29, 1.82) is 0 Å². The van der Waals surface area contributed by atoms with Crippen molar-refractivity contribution in [2.24, 2.45) is 0 Å². The summed E-state index contributed by atoms with van der Waals surface area (Å²) in [7, 11) is 4.10. The lowest BCUT2D eigenvalue weighted by molar-refractivity contribution is 0.837. The molecule has 1 N–H and O–H groups in total. The highest BCUT2D eigenvalue weighted by Crippen LogP contribution is 2.26. The Morgan fingerprint density at radius 1 is 1.26 bits per heavy atom. The Kier molecular flexibility index (Phi) is 4.10. The van der Waals surface area contributed by atoms with Crippen molar-refractivity contribution < 1.29 is 0 Å². The lowest BCUT2D eigenvalue weighted by Gasteiger charge is -2.17. The zero-order chi connectivity index (χ0) is 14.0. The van der Waals surface area contributed by atoms with E-state index < -0.39 is 0 Å². The maximum Gasteiger partial charge on any atom is 0.0901 e. The summed E-state index contributed by atoms with van der Waals surface area (Å²) in [6.45, 7) is 6.35. The first-order valence-corrected chi connectivity index (χ1v) is 7.27. The summed E-state index contributed by atoms with van der Waals surface area (Å²) in [6, 6.07) is 8.66. The minimum atomic E-state index is 0.224. The molecule has 4 heteroatoms. The third-order valence-electron chi connectivity index (χ3n) is 3.10. The van der Waals surface area contributed by atoms with E-state index in [0.29, 0.717) is 0 Å². The number of nitrogens with one attached hydrogen (secondary N) is 1. The van der Waals surface area contributed by atoms with Crippen LogP contribution in [0.25, 0.3) is 0 Å². The van der Waals surface area contributed by atoms with E-state index in [-0.39, 0.29) is 6.04 Å². The van der Waals surface area contributed by atoms with Crippen molar-refractivity contribution in [3.8, 4) is 0 Å². The quantitative estimate of drug-likeness (QED) is 0.914. The van der Waals surface area contributed by atoms with Crippen LogP contribution in [-0.2, 0) is 0 Å². The van der Waals surface area contributed by atoms with Crippen LogP contribution in [0.2, 0.25) is 0 Å². The van der Waals surface area contributed by atoms with Gasteiger partial charge in [0.15, 0.2) is 0 Å². The molecule has 102 valence electrons. The lowest BCUT2D eigenvalue weighted by atomic mass is 10.2. The van der Waals surface area contributed by atoms with Gasteiger partial charge in [-0.15, -0.1) is 11.3 Å². The van der Waals surface area contributed by atoms with Crippen molar-refractivity contribution >= 4 is 22.7 Å². The normalized spacial score (nSPS) is 12.3.